The predicted octanol–water partition coefficient (Wildman–Crippen LogP) is 3.11. The molecule has 0 saturated heterocycles. The highest BCUT2D eigenvalue weighted by atomic mass is 79.9. The largest absolute Gasteiger partial charge is 0.403 e. The Kier molecular flexibility index (Phi) is 2.56. The first-order chi connectivity index (χ1) is 3.81. The number of rotatable bonds is 1. The molecule has 0 aliphatic carbocycles. The smallest absolute Gasteiger partial charge is 0.169 e. The fourth-order valence-electron chi connectivity index (χ4n) is 0.200. The molecular weight excluding hydrogens is 197 g/mol. The van der Waals surface area contributed by atoms with Crippen molar-refractivity contribution >= 4 is 15.9 Å². The second-order valence-corrected chi connectivity index (χ2v) is 3.80. The van der Waals surface area contributed by atoms with Gasteiger partial charge in [-0.1, -0.05) is 22.9 Å². The Hall–Kier alpha value is 0.270. The summed E-state index contributed by atoms with van der Waals surface area (Å²) in [4.78, 5) is 0. The van der Waals surface area contributed by atoms with Crippen LogP contribution in [0, 0.1) is 0 Å². The van der Waals surface area contributed by atoms with E-state index in [1.54, 1.807) is 0 Å². The first-order valence-corrected chi connectivity index (χ1v) is 3.36. The molecule has 0 amide bonds. The Balaban J connectivity index is 4.14. The standard InChI is InChI=1S/C5H8BrF3/c1-3-4(2,6)5(7,8)9/h3H2,1-2H3. The molecule has 0 saturated carbocycles. The van der Waals surface area contributed by atoms with E-state index in [4.69, 9.17) is 0 Å². The molecule has 56 valence electrons. The van der Waals surface area contributed by atoms with E-state index in [9.17, 15) is 13.2 Å². The topological polar surface area (TPSA) is 0 Å². The van der Waals surface area contributed by atoms with Crippen molar-refractivity contribution < 1.29 is 13.2 Å². The first-order valence-electron chi connectivity index (χ1n) is 2.57. The molecule has 1 unspecified atom stereocenters. The summed E-state index contributed by atoms with van der Waals surface area (Å²) in [6.07, 6.45) is -4.09. The van der Waals surface area contributed by atoms with Crippen molar-refractivity contribution in [1.82, 2.24) is 0 Å². The zero-order valence-corrected chi connectivity index (χ0v) is 6.80. The Morgan fingerprint density at radius 3 is 1.67 bits per heavy atom. The van der Waals surface area contributed by atoms with Gasteiger partial charge in [0.2, 0.25) is 0 Å². The van der Waals surface area contributed by atoms with Crippen LogP contribution in [0.1, 0.15) is 20.3 Å². The molecule has 0 heterocycles. The van der Waals surface area contributed by atoms with Crippen LogP contribution in [0.2, 0.25) is 0 Å². The van der Waals surface area contributed by atoms with E-state index in [1.165, 1.54) is 6.92 Å². The zero-order valence-electron chi connectivity index (χ0n) is 5.22. The molecule has 0 aromatic rings. The van der Waals surface area contributed by atoms with Crippen molar-refractivity contribution in [3.05, 3.63) is 0 Å². The Morgan fingerprint density at radius 1 is 1.33 bits per heavy atom. The first kappa shape index (κ1) is 9.27. The summed E-state index contributed by atoms with van der Waals surface area (Å²) in [7, 11) is 0. The van der Waals surface area contributed by atoms with Gasteiger partial charge in [-0.05, 0) is 13.3 Å². The van der Waals surface area contributed by atoms with Crippen LogP contribution in [-0.4, -0.2) is 10.5 Å². The number of halogens is 4. The van der Waals surface area contributed by atoms with Gasteiger partial charge < -0.3 is 0 Å². The van der Waals surface area contributed by atoms with Gasteiger partial charge in [0.05, 0.1) is 0 Å². The quantitative estimate of drug-likeness (QED) is 0.577. The number of hydrogen-bond acceptors (Lipinski definition) is 0. The lowest BCUT2D eigenvalue weighted by Crippen LogP contribution is -2.34. The summed E-state index contributed by atoms with van der Waals surface area (Å²) < 4.78 is 33.7. The van der Waals surface area contributed by atoms with E-state index in [1.807, 2.05) is 0 Å². The highest BCUT2D eigenvalue weighted by Gasteiger charge is 2.47. The minimum atomic E-state index is -4.14. The van der Waals surface area contributed by atoms with Crippen molar-refractivity contribution in [3.8, 4) is 0 Å². The molecule has 0 fully saturated rings. The van der Waals surface area contributed by atoms with Crippen LogP contribution in [0.25, 0.3) is 0 Å². The lowest BCUT2D eigenvalue weighted by molar-refractivity contribution is -0.153. The van der Waals surface area contributed by atoms with Crippen molar-refractivity contribution in [3.63, 3.8) is 0 Å². The third-order valence-electron chi connectivity index (χ3n) is 1.26. The van der Waals surface area contributed by atoms with E-state index < -0.39 is 10.5 Å². The maximum Gasteiger partial charge on any atom is 0.403 e. The van der Waals surface area contributed by atoms with Gasteiger partial charge in [0.15, 0.2) is 0 Å². The monoisotopic (exact) mass is 204 g/mol. The molecule has 0 radical (unpaired) electrons. The maximum atomic E-state index is 11.8. The molecule has 0 spiro atoms. The van der Waals surface area contributed by atoms with E-state index in [0.29, 0.717) is 0 Å². The Labute approximate surface area is 60.6 Å². The average Bonchev–Trinajstić information content (AvgIpc) is 1.64. The number of hydrogen-bond donors (Lipinski definition) is 0. The van der Waals surface area contributed by atoms with E-state index in [2.05, 4.69) is 15.9 Å². The molecule has 0 aliphatic heterocycles. The van der Waals surface area contributed by atoms with Gasteiger partial charge >= 0.3 is 6.18 Å². The van der Waals surface area contributed by atoms with Gasteiger partial charge in [0.1, 0.15) is 4.32 Å². The fourth-order valence-corrected chi connectivity index (χ4v) is 0.200. The molecule has 0 aromatic carbocycles. The SMILES string of the molecule is CCC(C)(Br)C(F)(F)F. The minimum Gasteiger partial charge on any atom is -0.169 e. The molecule has 0 N–H and O–H groups in total. The van der Waals surface area contributed by atoms with Crippen LogP contribution in [0.5, 0.6) is 0 Å². The van der Waals surface area contributed by atoms with Crippen molar-refractivity contribution in [2.75, 3.05) is 0 Å². The van der Waals surface area contributed by atoms with Crippen LogP contribution in [-0.2, 0) is 0 Å². The Morgan fingerprint density at radius 2 is 1.67 bits per heavy atom. The highest BCUT2D eigenvalue weighted by Crippen LogP contribution is 2.39. The lowest BCUT2D eigenvalue weighted by atomic mass is 10.1. The van der Waals surface area contributed by atoms with Crippen LogP contribution in [0.4, 0.5) is 13.2 Å². The Bertz CT molecular complexity index is 94.9. The van der Waals surface area contributed by atoms with Gasteiger partial charge in [0.25, 0.3) is 0 Å². The lowest BCUT2D eigenvalue weighted by Gasteiger charge is -2.23. The van der Waals surface area contributed by atoms with Crippen LogP contribution >= 0.6 is 15.9 Å². The second kappa shape index (κ2) is 2.48. The fraction of sp³-hybridized carbons (Fsp3) is 1.00. The van der Waals surface area contributed by atoms with Crippen molar-refractivity contribution in [2.24, 2.45) is 0 Å². The van der Waals surface area contributed by atoms with E-state index in [-0.39, 0.29) is 6.42 Å². The summed E-state index contributed by atoms with van der Waals surface area (Å²) >= 11 is 2.58. The molecule has 4 heteroatoms. The summed E-state index contributed by atoms with van der Waals surface area (Å²) in [6.45, 7) is 2.61. The molecular formula is C5H8BrF3. The minimum absolute atomic E-state index is 0.0521. The molecule has 0 nitrogen and oxygen atoms in total. The normalized spacial score (nSPS) is 19.3. The molecule has 1 atom stereocenters. The third-order valence-corrected chi connectivity index (χ3v) is 2.27. The summed E-state index contributed by atoms with van der Waals surface area (Å²) in [5.74, 6) is 0. The van der Waals surface area contributed by atoms with Crippen LogP contribution in [0.15, 0.2) is 0 Å². The van der Waals surface area contributed by atoms with E-state index >= 15 is 0 Å². The van der Waals surface area contributed by atoms with Crippen LogP contribution in [0.3, 0.4) is 0 Å². The zero-order chi connectivity index (χ0) is 7.71. The van der Waals surface area contributed by atoms with E-state index in [0.717, 1.165) is 6.92 Å². The van der Waals surface area contributed by atoms with Gasteiger partial charge in [-0.25, -0.2) is 0 Å². The van der Waals surface area contributed by atoms with Crippen molar-refractivity contribution in [1.29, 1.82) is 0 Å². The third kappa shape index (κ3) is 2.16. The molecule has 0 bridgehead atoms. The predicted molar refractivity (Wildman–Crippen MR) is 33.7 cm³/mol. The highest BCUT2D eigenvalue weighted by molar-refractivity contribution is 9.10. The summed E-state index contributed by atoms with van der Waals surface area (Å²) in [5, 5.41) is 0. The average molecular weight is 205 g/mol. The molecule has 9 heavy (non-hydrogen) atoms. The number of alkyl halides is 4. The van der Waals surface area contributed by atoms with Gasteiger partial charge in [0, 0.05) is 0 Å². The molecule has 0 aromatic heterocycles. The maximum absolute atomic E-state index is 11.8. The second-order valence-electron chi connectivity index (χ2n) is 2.05. The van der Waals surface area contributed by atoms with Crippen molar-refractivity contribution in [2.45, 2.75) is 30.8 Å². The summed E-state index contributed by atoms with van der Waals surface area (Å²) in [6, 6.07) is 0. The van der Waals surface area contributed by atoms with Gasteiger partial charge in [-0.15, -0.1) is 0 Å². The summed E-state index contributed by atoms with van der Waals surface area (Å²) in [5.41, 5.74) is 0. The van der Waals surface area contributed by atoms with Crippen LogP contribution < -0.4 is 0 Å². The van der Waals surface area contributed by atoms with Gasteiger partial charge in [-0.3, -0.25) is 0 Å². The van der Waals surface area contributed by atoms with Gasteiger partial charge in [-0.2, -0.15) is 13.2 Å². The molecule has 0 aliphatic rings. The molecule has 0 rings (SSSR count).